The van der Waals surface area contributed by atoms with Crippen LogP contribution in [0.15, 0.2) is 24.3 Å². The third-order valence-electron chi connectivity index (χ3n) is 2.95. The Balaban J connectivity index is 2.29. The summed E-state index contributed by atoms with van der Waals surface area (Å²) in [4.78, 5) is 0. The molecule has 1 aromatic rings. The molecule has 0 saturated heterocycles. The Kier molecular flexibility index (Phi) is 7.53. The van der Waals surface area contributed by atoms with Crippen LogP contribution in [-0.2, 0) is 6.42 Å². The maximum Gasteiger partial charge on any atom is 0.119 e. The van der Waals surface area contributed by atoms with Crippen LogP contribution in [0.3, 0.4) is 0 Å². The highest BCUT2D eigenvalue weighted by molar-refractivity contribution is 5.27. The number of benzene rings is 1. The zero-order valence-corrected chi connectivity index (χ0v) is 12.4. The second-order valence-electron chi connectivity index (χ2n) is 5.28. The molecule has 0 aliphatic carbocycles. The van der Waals surface area contributed by atoms with E-state index in [4.69, 9.17) is 4.74 Å². The van der Waals surface area contributed by atoms with Gasteiger partial charge in [0.1, 0.15) is 18.5 Å². The van der Waals surface area contributed by atoms with Crippen molar-refractivity contribution in [3.8, 4) is 5.75 Å². The van der Waals surface area contributed by atoms with Gasteiger partial charge in [0.25, 0.3) is 0 Å². The summed E-state index contributed by atoms with van der Waals surface area (Å²) in [5.41, 5.74) is 1.34. The molecular weight excluding hydrogens is 238 g/mol. The zero-order valence-electron chi connectivity index (χ0n) is 12.4. The molecule has 1 unspecified atom stereocenters. The van der Waals surface area contributed by atoms with Crippen LogP contribution in [0.2, 0.25) is 0 Å². The van der Waals surface area contributed by atoms with Gasteiger partial charge in [-0.15, -0.1) is 0 Å². The first kappa shape index (κ1) is 16.0. The maximum absolute atomic E-state index is 9.74. The number of nitrogens with one attached hydrogen (secondary N) is 1. The van der Waals surface area contributed by atoms with Gasteiger partial charge in [-0.3, -0.25) is 0 Å². The van der Waals surface area contributed by atoms with Crippen molar-refractivity contribution in [2.24, 2.45) is 0 Å². The van der Waals surface area contributed by atoms with E-state index in [2.05, 4.69) is 38.2 Å². The molecule has 1 atom stereocenters. The van der Waals surface area contributed by atoms with Gasteiger partial charge >= 0.3 is 0 Å². The summed E-state index contributed by atoms with van der Waals surface area (Å²) in [5.74, 6) is 0.823. The van der Waals surface area contributed by atoms with Crippen LogP contribution >= 0.6 is 0 Å². The van der Waals surface area contributed by atoms with Crippen LogP contribution < -0.4 is 10.1 Å². The molecule has 0 aliphatic heterocycles. The van der Waals surface area contributed by atoms with E-state index in [1.54, 1.807) is 0 Å². The first-order valence-electron chi connectivity index (χ1n) is 7.25. The molecule has 3 nitrogen and oxygen atoms in total. The van der Waals surface area contributed by atoms with Crippen molar-refractivity contribution >= 4 is 0 Å². The lowest BCUT2D eigenvalue weighted by atomic mass is 10.1. The summed E-state index contributed by atoms with van der Waals surface area (Å²) >= 11 is 0. The van der Waals surface area contributed by atoms with Crippen LogP contribution in [0.25, 0.3) is 0 Å². The Bertz CT molecular complexity index is 335. The van der Waals surface area contributed by atoms with Crippen molar-refractivity contribution in [1.29, 1.82) is 0 Å². The molecule has 2 N–H and O–H groups in total. The van der Waals surface area contributed by atoms with E-state index >= 15 is 0 Å². The number of aliphatic hydroxyl groups excluding tert-OH is 1. The normalized spacial score (nSPS) is 12.7. The van der Waals surface area contributed by atoms with E-state index < -0.39 is 6.10 Å². The first-order chi connectivity index (χ1) is 9.11. The molecule has 1 aromatic carbocycles. The van der Waals surface area contributed by atoms with E-state index in [-0.39, 0.29) is 0 Å². The average Bonchev–Trinajstić information content (AvgIpc) is 2.41. The number of rotatable bonds is 9. The van der Waals surface area contributed by atoms with Crippen LogP contribution in [0.4, 0.5) is 0 Å². The van der Waals surface area contributed by atoms with E-state index in [0.717, 1.165) is 12.2 Å². The number of hydrogen-bond donors (Lipinski definition) is 2. The third-order valence-corrected chi connectivity index (χ3v) is 2.95. The molecule has 0 fully saturated rings. The van der Waals surface area contributed by atoms with E-state index in [1.807, 2.05) is 12.1 Å². The fourth-order valence-electron chi connectivity index (χ4n) is 1.76. The SMILES string of the molecule is CCCCc1ccc(OCC(O)CNC(C)C)cc1. The highest BCUT2D eigenvalue weighted by Gasteiger charge is 2.05. The van der Waals surface area contributed by atoms with Crippen LogP contribution in [0.5, 0.6) is 5.75 Å². The van der Waals surface area contributed by atoms with E-state index in [9.17, 15) is 5.11 Å². The van der Waals surface area contributed by atoms with Gasteiger partial charge in [-0.1, -0.05) is 39.3 Å². The standard InChI is InChI=1S/C16H27NO2/c1-4-5-6-14-7-9-16(10-8-14)19-12-15(18)11-17-13(2)3/h7-10,13,15,17-18H,4-6,11-12H2,1-3H3. The van der Waals surface area contributed by atoms with Crippen LogP contribution in [0.1, 0.15) is 39.2 Å². The average molecular weight is 265 g/mol. The molecule has 19 heavy (non-hydrogen) atoms. The topological polar surface area (TPSA) is 41.5 Å². The summed E-state index contributed by atoms with van der Waals surface area (Å²) in [6.45, 7) is 7.20. The smallest absolute Gasteiger partial charge is 0.119 e. The molecule has 0 aromatic heterocycles. The second-order valence-corrected chi connectivity index (χ2v) is 5.28. The number of ether oxygens (including phenoxy) is 1. The van der Waals surface area contributed by atoms with Crippen LogP contribution in [-0.4, -0.2) is 30.4 Å². The minimum Gasteiger partial charge on any atom is -0.491 e. The highest BCUT2D eigenvalue weighted by Crippen LogP contribution is 2.14. The molecule has 0 amide bonds. The molecule has 3 heteroatoms. The van der Waals surface area contributed by atoms with E-state index in [0.29, 0.717) is 19.2 Å². The fraction of sp³-hybridized carbons (Fsp3) is 0.625. The quantitative estimate of drug-likeness (QED) is 0.721. The third kappa shape index (κ3) is 7.19. The molecule has 1 rings (SSSR count). The Morgan fingerprint density at radius 2 is 1.89 bits per heavy atom. The lowest BCUT2D eigenvalue weighted by molar-refractivity contribution is 0.104. The summed E-state index contributed by atoms with van der Waals surface area (Å²) in [7, 11) is 0. The summed E-state index contributed by atoms with van der Waals surface area (Å²) < 4.78 is 5.57. The Morgan fingerprint density at radius 1 is 1.21 bits per heavy atom. The van der Waals surface area contributed by atoms with Gasteiger partial charge in [0.05, 0.1) is 0 Å². The van der Waals surface area contributed by atoms with Gasteiger partial charge in [0, 0.05) is 12.6 Å². The molecule has 0 radical (unpaired) electrons. The van der Waals surface area contributed by atoms with Gasteiger partial charge in [-0.05, 0) is 30.5 Å². The monoisotopic (exact) mass is 265 g/mol. The molecule has 0 spiro atoms. The number of aryl methyl sites for hydroxylation is 1. The Morgan fingerprint density at radius 3 is 2.47 bits per heavy atom. The Hall–Kier alpha value is -1.06. The van der Waals surface area contributed by atoms with Gasteiger partial charge in [-0.2, -0.15) is 0 Å². The van der Waals surface area contributed by atoms with Crippen LogP contribution in [0, 0.1) is 0 Å². The highest BCUT2D eigenvalue weighted by atomic mass is 16.5. The van der Waals surface area contributed by atoms with Crippen molar-refractivity contribution in [3.05, 3.63) is 29.8 Å². The largest absolute Gasteiger partial charge is 0.491 e. The van der Waals surface area contributed by atoms with Crippen molar-refractivity contribution in [1.82, 2.24) is 5.32 Å². The lowest BCUT2D eigenvalue weighted by Gasteiger charge is -2.15. The minimum absolute atomic E-state index is 0.327. The molecule has 0 bridgehead atoms. The summed E-state index contributed by atoms with van der Waals surface area (Å²) in [5, 5.41) is 12.9. The molecule has 0 heterocycles. The van der Waals surface area contributed by atoms with Gasteiger partial charge in [0.2, 0.25) is 0 Å². The molecule has 108 valence electrons. The molecule has 0 aliphatic rings. The predicted octanol–water partition coefficient (Wildman–Crippen LogP) is 2.77. The lowest BCUT2D eigenvalue weighted by Crippen LogP contribution is -2.35. The zero-order chi connectivity index (χ0) is 14.1. The minimum atomic E-state index is -0.470. The van der Waals surface area contributed by atoms with E-state index in [1.165, 1.54) is 18.4 Å². The fourth-order valence-corrected chi connectivity index (χ4v) is 1.76. The first-order valence-corrected chi connectivity index (χ1v) is 7.25. The van der Waals surface area contributed by atoms with Crippen molar-refractivity contribution in [2.45, 2.75) is 52.2 Å². The summed E-state index contributed by atoms with van der Waals surface area (Å²) in [6, 6.07) is 8.54. The van der Waals surface area contributed by atoms with Gasteiger partial charge < -0.3 is 15.2 Å². The molecular formula is C16H27NO2. The van der Waals surface area contributed by atoms with Crippen molar-refractivity contribution in [2.75, 3.05) is 13.2 Å². The molecule has 0 saturated carbocycles. The predicted molar refractivity (Wildman–Crippen MR) is 79.7 cm³/mol. The van der Waals surface area contributed by atoms with Gasteiger partial charge in [0.15, 0.2) is 0 Å². The second kappa shape index (κ2) is 8.94. The van der Waals surface area contributed by atoms with Crippen molar-refractivity contribution in [3.63, 3.8) is 0 Å². The number of hydrogen-bond acceptors (Lipinski definition) is 3. The Labute approximate surface area is 117 Å². The summed E-state index contributed by atoms with van der Waals surface area (Å²) in [6.07, 6.45) is 3.09. The number of aliphatic hydroxyl groups is 1. The number of unbranched alkanes of at least 4 members (excludes halogenated alkanes) is 1. The van der Waals surface area contributed by atoms with Crippen molar-refractivity contribution < 1.29 is 9.84 Å². The van der Waals surface area contributed by atoms with Gasteiger partial charge in [-0.25, -0.2) is 0 Å². The maximum atomic E-state index is 9.74.